The molecule has 1 aromatic rings. The van der Waals surface area contributed by atoms with Crippen LogP contribution in [0.4, 0.5) is 0 Å². The fraction of sp³-hybridized carbons (Fsp3) is 0.200. The van der Waals surface area contributed by atoms with Crippen molar-refractivity contribution in [1.29, 1.82) is 0 Å². The van der Waals surface area contributed by atoms with E-state index in [9.17, 15) is 9.59 Å². The van der Waals surface area contributed by atoms with Crippen LogP contribution in [0.1, 0.15) is 6.92 Å². The fourth-order valence-electron chi connectivity index (χ4n) is 0.822. The highest BCUT2D eigenvalue weighted by atomic mass is 79.9. The lowest BCUT2D eigenvalue weighted by molar-refractivity contribution is -0.136. The maximum Gasteiger partial charge on any atom is 0.332 e. The molecule has 0 spiro atoms. The van der Waals surface area contributed by atoms with Gasteiger partial charge in [0.05, 0.1) is 0 Å². The second-order valence-electron chi connectivity index (χ2n) is 2.71. The van der Waals surface area contributed by atoms with Gasteiger partial charge < -0.3 is 4.74 Å². The quantitative estimate of drug-likeness (QED) is 0.359. The molecule has 1 aromatic carbocycles. The molecular formula is C10H9BrO3. The van der Waals surface area contributed by atoms with Crippen molar-refractivity contribution in [3.05, 3.63) is 30.3 Å². The summed E-state index contributed by atoms with van der Waals surface area (Å²) in [6.07, 6.45) is 0. The zero-order valence-electron chi connectivity index (χ0n) is 7.57. The number of alkyl halides is 1. The first-order valence-corrected chi connectivity index (χ1v) is 4.94. The Hall–Kier alpha value is -1.16. The SMILES string of the molecule is CC(=O)C(Br)C(=O)Oc1ccccc1. The number of carbonyl (C=O) groups is 2. The first-order chi connectivity index (χ1) is 6.61. The van der Waals surface area contributed by atoms with Crippen LogP contribution in [0.15, 0.2) is 30.3 Å². The lowest BCUT2D eigenvalue weighted by atomic mass is 10.3. The van der Waals surface area contributed by atoms with Gasteiger partial charge >= 0.3 is 5.97 Å². The Labute approximate surface area is 90.2 Å². The Balaban J connectivity index is 2.62. The Morgan fingerprint density at radius 3 is 2.36 bits per heavy atom. The highest BCUT2D eigenvalue weighted by Gasteiger charge is 2.21. The number of Topliss-reactive ketones (excluding diaryl/α,β-unsaturated/α-hetero) is 1. The van der Waals surface area contributed by atoms with Crippen molar-refractivity contribution < 1.29 is 14.3 Å². The van der Waals surface area contributed by atoms with E-state index in [0.29, 0.717) is 5.75 Å². The Kier molecular flexibility index (Phi) is 3.83. The Morgan fingerprint density at radius 2 is 1.86 bits per heavy atom. The van der Waals surface area contributed by atoms with E-state index < -0.39 is 10.8 Å². The van der Waals surface area contributed by atoms with Gasteiger partial charge in [0.1, 0.15) is 5.75 Å². The molecule has 0 bridgehead atoms. The van der Waals surface area contributed by atoms with E-state index in [1.54, 1.807) is 24.3 Å². The molecule has 0 radical (unpaired) electrons. The molecule has 0 aliphatic rings. The van der Waals surface area contributed by atoms with E-state index >= 15 is 0 Å². The van der Waals surface area contributed by atoms with Crippen molar-refractivity contribution >= 4 is 27.7 Å². The van der Waals surface area contributed by atoms with Gasteiger partial charge in [-0.05, 0) is 19.1 Å². The van der Waals surface area contributed by atoms with Crippen molar-refractivity contribution in [3.8, 4) is 5.75 Å². The number of halogens is 1. The molecule has 3 nitrogen and oxygen atoms in total. The van der Waals surface area contributed by atoms with E-state index in [4.69, 9.17) is 4.74 Å². The number of esters is 1. The minimum atomic E-state index is -0.886. The number of hydrogen-bond donors (Lipinski definition) is 0. The molecule has 1 unspecified atom stereocenters. The molecule has 0 saturated carbocycles. The third-order valence-electron chi connectivity index (χ3n) is 1.53. The predicted octanol–water partition coefficient (Wildman–Crippen LogP) is 1.94. The van der Waals surface area contributed by atoms with Crippen LogP contribution < -0.4 is 4.74 Å². The molecule has 74 valence electrons. The largest absolute Gasteiger partial charge is 0.425 e. The highest BCUT2D eigenvalue weighted by Crippen LogP contribution is 2.12. The van der Waals surface area contributed by atoms with Crippen LogP contribution in [0.25, 0.3) is 0 Å². The summed E-state index contributed by atoms with van der Waals surface area (Å²) in [7, 11) is 0. The van der Waals surface area contributed by atoms with Gasteiger partial charge in [-0.15, -0.1) is 0 Å². The second-order valence-corrected chi connectivity index (χ2v) is 3.62. The number of para-hydroxylation sites is 1. The molecule has 1 rings (SSSR count). The summed E-state index contributed by atoms with van der Waals surface area (Å²) >= 11 is 2.94. The van der Waals surface area contributed by atoms with E-state index in [1.165, 1.54) is 6.92 Å². The minimum absolute atomic E-state index is 0.272. The summed E-state index contributed by atoms with van der Waals surface area (Å²) in [5.41, 5.74) is 0. The Bertz CT molecular complexity index is 334. The predicted molar refractivity (Wildman–Crippen MR) is 55.5 cm³/mol. The Morgan fingerprint density at radius 1 is 1.29 bits per heavy atom. The number of ether oxygens (including phenoxy) is 1. The molecule has 0 aliphatic carbocycles. The van der Waals surface area contributed by atoms with Gasteiger partial charge in [0.2, 0.25) is 0 Å². The van der Waals surface area contributed by atoms with E-state index in [0.717, 1.165) is 0 Å². The van der Waals surface area contributed by atoms with Gasteiger partial charge in [-0.25, -0.2) is 4.79 Å². The van der Waals surface area contributed by atoms with Crippen LogP contribution in [0.2, 0.25) is 0 Å². The molecule has 0 amide bonds. The third kappa shape index (κ3) is 2.96. The number of carbonyl (C=O) groups excluding carboxylic acids is 2. The van der Waals surface area contributed by atoms with Crippen LogP contribution in [-0.4, -0.2) is 16.6 Å². The van der Waals surface area contributed by atoms with Gasteiger partial charge in [-0.2, -0.15) is 0 Å². The average Bonchev–Trinajstić information content (AvgIpc) is 2.18. The summed E-state index contributed by atoms with van der Waals surface area (Å²) in [4.78, 5) is 21.2. The van der Waals surface area contributed by atoms with Gasteiger partial charge in [-0.3, -0.25) is 4.79 Å². The first kappa shape index (κ1) is 10.9. The highest BCUT2D eigenvalue weighted by molar-refractivity contribution is 9.10. The molecule has 4 heteroatoms. The molecule has 0 heterocycles. The normalized spacial score (nSPS) is 11.9. The van der Waals surface area contributed by atoms with Gasteiger partial charge in [0.15, 0.2) is 10.6 Å². The molecule has 0 N–H and O–H groups in total. The number of hydrogen-bond acceptors (Lipinski definition) is 3. The number of ketones is 1. The summed E-state index contributed by atoms with van der Waals surface area (Å²) in [6.45, 7) is 1.33. The molecular weight excluding hydrogens is 248 g/mol. The molecule has 0 aromatic heterocycles. The van der Waals surface area contributed by atoms with Crippen LogP contribution in [0.5, 0.6) is 5.75 Å². The number of rotatable bonds is 3. The topological polar surface area (TPSA) is 43.4 Å². The van der Waals surface area contributed by atoms with Crippen molar-refractivity contribution in [2.24, 2.45) is 0 Å². The summed E-state index contributed by atoms with van der Waals surface area (Å²) in [5.74, 6) is -0.433. The minimum Gasteiger partial charge on any atom is -0.425 e. The second kappa shape index (κ2) is 4.91. The monoisotopic (exact) mass is 256 g/mol. The van der Waals surface area contributed by atoms with Crippen molar-refractivity contribution in [2.45, 2.75) is 11.8 Å². The maximum atomic E-state index is 11.3. The lowest BCUT2D eigenvalue weighted by Gasteiger charge is -2.06. The summed E-state index contributed by atoms with van der Waals surface area (Å²) in [6, 6.07) is 8.61. The number of benzene rings is 1. The fourth-order valence-corrected chi connectivity index (χ4v) is 0.916. The van der Waals surface area contributed by atoms with Gasteiger partial charge in [0, 0.05) is 0 Å². The van der Waals surface area contributed by atoms with Gasteiger partial charge in [-0.1, -0.05) is 34.1 Å². The molecule has 0 aliphatic heterocycles. The van der Waals surface area contributed by atoms with E-state index in [1.807, 2.05) is 6.07 Å². The van der Waals surface area contributed by atoms with E-state index in [2.05, 4.69) is 15.9 Å². The van der Waals surface area contributed by atoms with Crippen molar-refractivity contribution in [1.82, 2.24) is 0 Å². The maximum absolute atomic E-state index is 11.3. The van der Waals surface area contributed by atoms with Gasteiger partial charge in [0.25, 0.3) is 0 Å². The molecule has 14 heavy (non-hydrogen) atoms. The zero-order valence-corrected chi connectivity index (χ0v) is 9.15. The van der Waals surface area contributed by atoms with Crippen LogP contribution in [-0.2, 0) is 9.59 Å². The smallest absolute Gasteiger partial charge is 0.332 e. The van der Waals surface area contributed by atoms with E-state index in [-0.39, 0.29) is 5.78 Å². The standard InChI is InChI=1S/C10H9BrO3/c1-7(12)9(11)10(13)14-8-5-3-2-4-6-8/h2-6,9H,1H3. The van der Waals surface area contributed by atoms with Crippen LogP contribution >= 0.6 is 15.9 Å². The zero-order chi connectivity index (χ0) is 10.6. The molecule has 0 fully saturated rings. The van der Waals surface area contributed by atoms with Crippen LogP contribution in [0.3, 0.4) is 0 Å². The molecule has 0 saturated heterocycles. The average molecular weight is 257 g/mol. The van der Waals surface area contributed by atoms with Crippen LogP contribution in [0, 0.1) is 0 Å². The lowest BCUT2D eigenvalue weighted by Crippen LogP contribution is -2.26. The third-order valence-corrected chi connectivity index (χ3v) is 2.54. The molecule has 1 atom stereocenters. The first-order valence-electron chi connectivity index (χ1n) is 4.02. The van der Waals surface area contributed by atoms with Crippen molar-refractivity contribution in [2.75, 3.05) is 0 Å². The summed E-state index contributed by atoms with van der Waals surface area (Å²) < 4.78 is 4.93. The summed E-state index contributed by atoms with van der Waals surface area (Å²) in [5, 5.41) is 0. The van der Waals surface area contributed by atoms with Crippen molar-refractivity contribution in [3.63, 3.8) is 0 Å².